The summed E-state index contributed by atoms with van der Waals surface area (Å²) in [5, 5.41) is 23.1. The fourth-order valence-corrected chi connectivity index (χ4v) is 4.83. The summed E-state index contributed by atoms with van der Waals surface area (Å²) in [6, 6.07) is 13.0. The molecule has 1 unspecified atom stereocenters. The quantitative estimate of drug-likeness (QED) is 0.309. The van der Waals surface area contributed by atoms with Gasteiger partial charge in [0.05, 0.1) is 12.7 Å². The number of β-amino-alcohol motifs (C(OH)–C–C–N with tert-alkyl or cyclic N) is 1. The zero-order valence-corrected chi connectivity index (χ0v) is 19.5. The van der Waals surface area contributed by atoms with Crippen LogP contribution < -0.4 is 5.32 Å². The van der Waals surface area contributed by atoms with Crippen LogP contribution in [0.15, 0.2) is 61.1 Å². The third kappa shape index (κ3) is 5.35. The van der Waals surface area contributed by atoms with Crippen molar-refractivity contribution >= 4 is 16.7 Å². The number of piperidine rings is 1. The highest BCUT2D eigenvalue weighted by molar-refractivity contribution is 5.94. The molecule has 1 saturated heterocycles. The summed E-state index contributed by atoms with van der Waals surface area (Å²) in [6.07, 6.45) is 6.46. The molecule has 1 aliphatic heterocycles. The number of rotatable bonds is 8. The molecule has 4 aromatic rings. The Bertz CT molecular complexity index is 1270. The number of H-pyrrole nitrogens is 1. The molecule has 3 aromatic heterocycles. The van der Waals surface area contributed by atoms with Gasteiger partial charge < -0.3 is 25.4 Å². The van der Waals surface area contributed by atoms with E-state index in [-0.39, 0.29) is 12.4 Å². The van der Waals surface area contributed by atoms with Gasteiger partial charge in [0.1, 0.15) is 11.5 Å². The van der Waals surface area contributed by atoms with E-state index in [9.17, 15) is 9.50 Å². The van der Waals surface area contributed by atoms with E-state index in [0.717, 1.165) is 59.5 Å². The van der Waals surface area contributed by atoms with E-state index in [2.05, 4.69) is 31.2 Å². The van der Waals surface area contributed by atoms with Gasteiger partial charge in [0.15, 0.2) is 0 Å². The average molecular weight is 476 g/mol. The smallest absolute Gasteiger partial charge is 0.138 e. The molecule has 1 aromatic carbocycles. The Morgan fingerprint density at radius 2 is 1.97 bits per heavy atom. The molecule has 8 heteroatoms. The molecule has 0 spiro atoms. The number of aromatic nitrogens is 3. The summed E-state index contributed by atoms with van der Waals surface area (Å²) < 4.78 is 15.0. The van der Waals surface area contributed by atoms with Gasteiger partial charge in [-0.25, -0.2) is 9.37 Å². The van der Waals surface area contributed by atoms with Crippen LogP contribution in [0.1, 0.15) is 30.0 Å². The number of halogens is 1. The fraction of sp³-hybridized carbons (Fsp3) is 0.333. The summed E-state index contributed by atoms with van der Waals surface area (Å²) in [6.45, 7) is 2.60. The summed E-state index contributed by atoms with van der Waals surface area (Å²) in [5.74, 6) is 0.0693. The molecule has 0 saturated carbocycles. The van der Waals surface area contributed by atoms with E-state index in [0.29, 0.717) is 24.6 Å². The van der Waals surface area contributed by atoms with Crippen LogP contribution in [0.4, 0.5) is 10.1 Å². The average Bonchev–Trinajstić information content (AvgIpc) is 3.34. The largest absolute Gasteiger partial charge is 0.394 e. The Labute approximate surface area is 203 Å². The molecule has 1 aliphatic rings. The van der Waals surface area contributed by atoms with Crippen molar-refractivity contribution in [1.29, 1.82) is 0 Å². The van der Waals surface area contributed by atoms with Crippen molar-refractivity contribution in [2.45, 2.75) is 31.4 Å². The zero-order valence-electron chi connectivity index (χ0n) is 19.5. The fourth-order valence-electron chi connectivity index (χ4n) is 4.83. The second kappa shape index (κ2) is 10.5. The molecule has 1 atom stereocenters. The monoisotopic (exact) mass is 475 g/mol. The number of aromatic amines is 1. The summed E-state index contributed by atoms with van der Waals surface area (Å²) >= 11 is 0. The third-order valence-corrected chi connectivity index (χ3v) is 6.74. The van der Waals surface area contributed by atoms with E-state index in [1.807, 2.05) is 30.5 Å². The topological polar surface area (TPSA) is 97.3 Å². The Morgan fingerprint density at radius 1 is 1.11 bits per heavy atom. The Morgan fingerprint density at radius 3 is 2.74 bits per heavy atom. The van der Waals surface area contributed by atoms with Gasteiger partial charge in [-0.2, -0.15) is 0 Å². The number of hydrogen-bond acceptors (Lipinski definition) is 6. The third-order valence-electron chi connectivity index (χ3n) is 6.74. The van der Waals surface area contributed by atoms with Crippen LogP contribution in [0.2, 0.25) is 0 Å². The van der Waals surface area contributed by atoms with Gasteiger partial charge in [-0.15, -0.1) is 0 Å². The number of likely N-dealkylation sites (tertiary alicyclic amines) is 1. The highest BCUT2D eigenvalue weighted by Gasteiger charge is 2.24. The van der Waals surface area contributed by atoms with Gasteiger partial charge in [-0.1, -0.05) is 6.07 Å². The number of anilines is 1. The van der Waals surface area contributed by atoms with Crippen LogP contribution in [-0.4, -0.2) is 62.4 Å². The number of pyridine rings is 2. The first-order valence-electron chi connectivity index (χ1n) is 12.0. The maximum absolute atomic E-state index is 15.0. The lowest BCUT2D eigenvalue weighted by Gasteiger charge is -2.32. The van der Waals surface area contributed by atoms with Crippen molar-refractivity contribution in [2.75, 3.05) is 31.6 Å². The molecule has 0 radical (unpaired) electrons. The molecule has 7 nitrogen and oxygen atoms in total. The molecular weight excluding hydrogens is 445 g/mol. The van der Waals surface area contributed by atoms with Crippen LogP contribution in [-0.2, 0) is 6.54 Å². The van der Waals surface area contributed by atoms with Crippen molar-refractivity contribution in [3.05, 3.63) is 78.1 Å². The predicted molar refractivity (Wildman–Crippen MR) is 135 cm³/mol. The molecular formula is C27H30FN5O2. The first kappa shape index (κ1) is 23.4. The van der Waals surface area contributed by atoms with E-state index >= 15 is 0 Å². The maximum Gasteiger partial charge on any atom is 0.138 e. The van der Waals surface area contributed by atoms with Crippen molar-refractivity contribution in [2.24, 2.45) is 0 Å². The van der Waals surface area contributed by atoms with Crippen LogP contribution >= 0.6 is 0 Å². The SMILES string of the molecule is OCC(O)CN1CCC(c2cc3c(-c4cc(NCc5cccnc5)ccc4F)ccnc3[nH]2)CC1. The molecule has 1 fully saturated rings. The number of aliphatic hydroxyl groups is 2. The minimum atomic E-state index is -0.698. The first-order chi connectivity index (χ1) is 17.1. The number of nitrogens with one attached hydrogen (secondary N) is 2. The van der Waals surface area contributed by atoms with Crippen molar-refractivity contribution in [3.63, 3.8) is 0 Å². The molecule has 35 heavy (non-hydrogen) atoms. The van der Waals surface area contributed by atoms with Crippen molar-refractivity contribution in [3.8, 4) is 11.1 Å². The van der Waals surface area contributed by atoms with Gasteiger partial charge in [0, 0.05) is 59.9 Å². The van der Waals surface area contributed by atoms with Gasteiger partial charge in [0.25, 0.3) is 0 Å². The van der Waals surface area contributed by atoms with E-state index in [4.69, 9.17) is 5.11 Å². The van der Waals surface area contributed by atoms with Gasteiger partial charge in [-0.3, -0.25) is 4.98 Å². The standard InChI is InChI=1S/C27H30FN5O2/c28-25-4-3-20(31-15-18-2-1-8-29-14-18)12-23(25)22-5-9-30-27-24(22)13-26(32-27)19-6-10-33(11-7-19)16-21(35)17-34/h1-5,8-9,12-14,19,21,31,34-35H,6-7,10-11,15-17H2,(H,30,32). The number of hydrogen-bond donors (Lipinski definition) is 4. The predicted octanol–water partition coefficient (Wildman–Crippen LogP) is 3.91. The lowest BCUT2D eigenvalue weighted by atomic mass is 9.93. The highest BCUT2D eigenvalue weighted by atomic mass is 19.1. The second-order valence-electron chi connectivity index (χ2n) is 9.17. The highest BCUT2D eigenvalue weighted by Crippen LogP contribution is 2.35. The molecule has 182 valence electrons. The molecule has 4 heterocycles. The second-order valence-corrected chi connectivity index (χ2v) is 9.17. The van der Waals surface area contributed by atoms with Gasteiger partial charge in [0.2, 0.25) is 0 Å². The Balaban J connectivity index is 1.36. The number of nitrogens with zero attached hydrogens (tertiary/aromatic N) is 3. The Hall–Kier alpha value is -3.33. The van der Waals surface area contributed by atoms with Crippen LogP contribution in [0.25, 0.3) is 22.2 Å². The molecule has 0 aliphatic carbocycles. The molecule has 5 rings (SSSR count). The van der Waals surface area contributed by atoms with E-state index in [1.165, 1.54) is 6.07 Å². The molecule has 0 bridgehead atoms. The minimum absolute atomic E-state index is 0.215. The minimum Gasteiger partial charge on any atom is -0.394 e. The van der Waals surface area contributed by atoms with Crippen molar-refractivity contribution < 1.29 is 14.6 Å². The molecule has 0 amide bonds. The molecule has 4 N–H and O–H groups in total. The maximum atomic E-state index is 15.0. The Kier molecular flexibility index (Phi) is 7.03. The van der Waals surface area contributed by atoms with Crippen LogP contribution in [0, 0.1) is 5.82 Å². The lowest BCUT2D eigenvalue weighted by molar-refractivity contribution is 0.0512. The normalized spacial score (nSPS) is 16.0. The number of benzene rings is 1. The zero-order chi connectivity index (χ0) is 24.2. The van der Waals surface area contributed by atoms with Crippen molar-refractivity contribution in [1.82, 2.24) is 19.9 Å². The summed E-state index contributed by atoms with van der Waals surface area (Å²) in [7, 11) is 0. The van der Waals surface area contributed by atoms with E-state index < -0.39 is 6.10 Å². The van der Waals surface area contributed by atoms with Gasteiger partial charge in [-0.05, 0) is 73.5 Å². The number of aliphatic hydroxyl groups excluding tert-OH is 2. The lowest BCUT2D eigenvalue weighted by Crippen LogP contribution is -2.39. The van der Waals surface area contributed by atoms with Gasteiger partial charge >= 0.3 is 0 Å². The van der Waals surface area contributed by atoms with Crippen LogP contribution in [0.5, 0.6) is 0 Å². The number of fused-ring (bicyclic) bond motifs is 1. The van der Waals surface area contributed by atoms with E-state index in [1.54, 1.807) is 18.5 Å². The van der Waals surface area contributed by atoms with Crippen LogP contribution in [0.3, 0.4) is 0 Å². The first-order valence-corrected chi connectivity index (χ1v) is 12.0. The summed E-state index contributed by atoms with van der Waals surface area (Å²) in [5.41, 5.74) is 5.09. The summed E-state index contributed by atoms with van der Waals surface area (Å²) in [4.78, 5) is 14.3.